The minimum atomic E-state index is 1.06. The van der Waals surface area contributed by atoms with Crippen molar-refractivity contribution in [1.29, 1.82) is 0 Å². The zero-order chi connectivity index (χ0) is 13.8. The average molecular weight is 258 g/mol. The van der Waals surface area contributed by atoms with Crippen LogP contribution in [0.2, 0.25) is 0 Å². The van der Waals surface area contributed by atoms with Gasteiger partial charge >= 0.3 is 0 Å². The Kier molecular flexibility index (Phi) is 4.65. The second-order valence-corrected chi connectivity index (χ2v) is 5.29. The molecule has 2 aromatic rings. The summed E-state index contributed by atoms with van der Waals surface area (Å²) in [7, 11) is 2.18. The molecule has 0 saturated carbocycles. The van der Waals surface area contributed by atoms with Crippen LogP contribution >= 0.6 is 0 Å². The third kappa shape index (κ3) is 2.84. The molecule has 2 rings (SSSR count). The summed E-state index contributed by atoms with van der Waals surface area (Å²) in [5.41, 5.74) is 5.75. The van der Waals surface area contributed by atoms with Crippen molar-refractivity contribution in [3.05, 3.63) is 35.0 Å². The summed E-state index contributed by atoms with van der Waals surface area (Å²) >= 11 is 0. The second kappa shape index (κ2) is 6.25. The molecular formula is C17H26N2. The van der Waals surface area contributed by atoms with E-state index in [0.29, 0.717) is 0 Å². The molecule has 0 atom stereocenters. The number of hydrogen-bond donors (Lipinski definition) is 1. The lowest BCUT2D eigenvalue weighted by Crippen LogP contribution is -2.14. The van der Waals surface area contributed by atoms with Crippen molar-refractivity contribution < 1.29 is 0 Å². The number of rotatable bonds is 6. The maximum absolute atomic E-state index is 3.41. The molecule has 0 aliphatic heterocycles. The Hall–Kier alpha value is -1.28. The van der Waals surface area contributed by atoms with E-state index in [9.17, 15) is 0 Å². The van der Waals surface area contributed by atoms with Gasteiger partial charge in [-0.15, -0.1) is 0 Å². The van der Waals surface area contributed by atoms with Crippen LogP contribution in [0, 0.1) is 6.92 Å². The van der Waals surface area contributed by atoms with E-state index in [2.05, 4.69) is 55.9 Å². The van der Waals surface area contributed by atoms with E-state index in [1.165, 1.54) is 40.6 Å². The first kappa shape index (κ1) is 14.1. The Balaban J connectivity index is 2.32. The highest BCUT2D eigenvalue weighted by atomic mass is 14.9. The Morgan fingerprint density at radius 2 is 2.00 bits per heavy atom. The van der Waals surface area contributed by atoms with Crippen LogP contribution in [0.1, 0.15) is 37.1 Å². The van der Waals surface area contributed by atoms with E-state index in [0.717, 1.165) is 19.5 Å². The maximum atomic E-state index is 3.41. The molecule has 0 fully saturated rings. The van der Waals surface area contributed by atoms with Crippen molar-refractivity contribution in [1.82, 2.24) is 9.88 Å². The highest BCUT2D eigenvalue weighted by Crippen LogP contribution is 2.27. The Labute approximate surface area is 116 Å². The molecule has 1 heterocycles. The number of aromatic nitrogens is 1. The molecule has 0 spiro atoms. The summed E-state index contributed by atoms with van der Waals surface area (Å²) in [6.45, 7) is 8.81. The fraction of sp³-hybridized carbons (Fsp3) is 0.529. The smallest absolute Gasteiger partial charge is 0.0482 e. The van der Waals surface area contributed by atoms with Gasteiger partial charge in [-0.1, -0.05) is 19.9 Å². The van der Waals surface area contributed by atoms with Gasteiger partial charge in [0.15, 0.2) is 0 Å². The fourth-order valence-electron chi connectivity index (χ4n) is 2.80. The molecule has 1 aromatic carbocycles. The SMILES string of the molecule is CCNCCCc1c(C)n(C)c2ccc(CC)cc12. The van der Waals surface area contributed by atoms with Gasteiger partial charge in [0.2, 0.25) is 0 Å². The summed E-state index contributed by atoms with van der Waals surface area (Å²) in [5, 5.41) is 4.86. The first-order valence-electron chi connectivity index (χ1n) is 7.46. The van der Waals surface area contributed by atoms with Gasteiger partial charge in [0.1, 0.15) is 0 Å². The number of nitrogens with zero attached hydrogens (tertiary/aromatic N) is 1. The summed E-state index contributed by atoms with van der Waals surface area (Å²) in [4.78, 5) is 0. The first-order valence-corrected chi connectivity index (χ1v) is 7.46. The lowest BCUT2D eigenvalue weighted by molar-refractivity contribution is 0.671. The summed E-state index contributed by atoms with van der Waals surface area (Å²) in [6, 6.07) is 6.91. The molecule has 0 amide bonds. The average Bonchev–Trinajstić information content (AvgIpc) is 2.67. The molecule has 19 heavy (non-hydrogen) atoms. The zero-order valence-corrected chi connectivity index (χ0v) is 12.7. The van der Waals surface area contributed by atoms with Gasteiger partial charge in [-0.3, -0.25) is 0 Å². The third-order valence-electron chi connectivity index (χ3n) is 4.13. The second-order valence-electron chi connectivity index (χ2n) is 5.29. The first-order chi connectivity index (χ1) is 9.19. The standard InChI is InChI=1S/C17H26N2/c1-5-14-9-10-17-16(12-14)15(13(3)19(17)4)8-7-11-18-6-2/h9-10,12,18H,5-8,11H2,1-4H3. The topological polar surface area (TPSA) is 17.0 Å². The van der Waals surface area contributed by atoms with Crippen LogP contribution in [-0.4, -0.2) is 17.7 Å². The largest absolute Gasteiger partial charge is 0.348 e. The third-order valence-corrected chi connectivity index (χ3v) is 4.13. The van der Waals surface area contributed by atoms with Crippen LogP contribution in [0.15, 0.2) is 18.2 Å². The highest BCUT2D eigenvalue weighted by Gasteiger charge is 2.11. The normalized spacial score (nSPS) is 11.4. The van der Waals surface area contributed by atoms with Gasteiger partial charge in [-0.2, -0.15) is 0 Å². The van der Waals surface area contributed by atoms with Crippen molar-refractivity contribution in [2.75, 3.05) is 13.1 Å². The lowest BCUT2D eigenvalue weighted by atomic mass is 10.0. The quantitative estimate of drug-likeness (QED) is 0.784. The molecule has 1 aromatic heterocycles. The van der Waals surface area contributed by atoms with Crippen molar-refractivity contribution in [2.24, 2.45) is 7.05 Å². The molecule has 1 N–H and O–H groups in total. The molecule has 0 saturated heterocycles. The van der Waals surface area contributed by atoms with Gasteiger partial charge in [0.05, 0.1) is 0 Å². The molecule has 0 unspecified atom stereocenters. The maximum Gasteiger partial charge on any atom is 0.0482 e. The number of fused-ring (bicyclic) bond motifs is 1. The van der Waals surface area contributed by atoms with Gasteiger partial charge in [-0.25, -0.2) is 0 Å². The van der Waals surface area contributed by atoms with Crippen molar-refractivity contribution in [2.45, 2.75) is 40.0 Å². The van der Waals surface area contributed by atoms with Crippen molar-refractivity contribution in [3.63, 3.8) is 0 Å². The van der Waals surface area contributed by atoms with Crippen molar-refractivity contribution in [3.8, 4) is 0 Å². The van der Waals surface area contributed by atoms with E-state index in [1.807, 2.05) is 0 Å². The summed E-state index contributed by atoms with van der Waals surface area (Å²) in [5.74, 6) is 0. The van der Waals surface area contributed by atoms with Crippen LogP contribution in [0.3, 0.4) is 0 Å². The van der Waals surface area contributed by atoms with Crippen LogP contribution in [0.4, 0.5) is 0 Å². The zero-order valence-electron chi connectivity index (χ0n) is 12.7. The lowest BCUT2D eigenvalue weighted by Gasteiger charge is -2.04. The molecular weight excluding hydrogens is 232 g/mol. The van der Waals surface area contributed by atoms with Crippen molar-refractivity contribution >= 4 is 10.9 Å². The predicted molar refractivity (Wildman–Crippen MR) is 83.9 cm³/mol. The van der Waals surface area contributed by atoms with Crippen LogP contribution in [0.25, 0.3) is 10.9 Å². The van der Waals surface area contributed by atoms with Crippen LogP contribution in [0.5, 0.6) is 0 Å². The minimum Gasteiger partial charge on any atom is -0.348 e. The van der Waals surface area contributed by atoms with E-state index in [1.54, 1.807) is 0 Å². The summed E-state index contributed by atoms with van der Waals surface area (Å²) < 4.78 is 2.33. The van der Waals surface area contributed by atoms with Gasteiger partial charge in [0.25, 0.3) is 0 Å². The number of hydrogen-bond acceptors (Lipinski definition) is 1. The van der Waals surface area contributed by atoms with Crippen LogP contribution in [-0.2, 0) is 19.9 Å². The predicted octanol–water partition coefficient (Wildman–Crippen LogP) is 3.59. The fourth-order valence-corrected chi connectivity index (χ4v) is 2.80. The number of nitrogens with one attached hydrogen (secondary N) is 1. The molecule has 0 bridgehead atoms. The molecule has 104 valence electrons. The van der Waals surface area contributed by atoms with Gasteiger partial charge < -0.3 is 9.88 Å². The Bertz CT molecular complexity index is 552. The van der Waals surface area contributed by atoms with Gasteiger partial charge in [0, 0.05) is 23.6 Å². The molecule has 0 aliphatic rings. The Morgan fingerprint density at radius 1 is 1.21 bits per heavy atom. The van der Waals surface area contributed by atoms with Crippen LogP contribution < -0.4 is 5.32 Å². The van der Waals surface area contributed by atoms with E-state index in [-0.39, 0.29) is 0 Å². The minimum absolute atomic E-state index is 1.06. The van der Waals surface area contributed by atoms with Gasteiger partial charge in [-0.05, 0) is 62.5 Å². The number of benzene rings is 1. The monoisotopic (exact) mass is 258 g/mol. The summed E-state index contributed by atoms with van der Waals surface area (Å²) in [6.07, 6.45) is 3.49. The van der Waals surface area contributed by atoms with E-state index < -0.39 is 0 Å². The highest BCUT2D eigenvalue weighted by molar-refractivity contribution is 5.86. The Morgan fingerprint density at radius 3 is 2.68 bits per heavy atom. The van der Waals surface area contributed by atoms with E-state index >= 15 is 0 Å². The molecule has 0 radical (unpaired) electrons. The molecule has 2 nitrogen and oxygen atoms in total. The molecule has 0 aliphatic carbocycles. The van der Waals surface area contributed by atoms with E-state index in [4.69, 9.17) is 0 Å². The molecule has 2 heteroatoms. The number of aryl methyl sites for hydroxylation is 3.